The van der Waals surface area contributed by atoms with Crippen LogP contribution < -0.4 is 11.2 Å². The lowest BCUT2D eigenvalue weighted by atomic mass is 10.0. The summed E-state index contributed by atoms with van der Waals surface area (Å²) < 4.78 is 6.16. The Bertz CT molecular complexity index is 1400. The molecular weight excluding hydrogens is 482 g/mol. The molecule has 1 fully saturated rings. The quantitative estimate of drug-likeness (QED) is 0.298. The Morgan fingerprint density at radius 3 is 2.75 bits per heavy atom. The van der Waals surface area contributed by atoms with E-state index in [9.17, 15) is 4.79 Å². The number of hydrogen-bond acceptors (Lipinski definition) is 9. The molecule has 1 saturated heterocycles. The Labute approximate surface area is 214 Å². The van der Waals surface area contributed by atoms with Gasteiger partial charge in [-0.15, -0.1) is 17.5 Å². The van der Waals surface area contributed by atoms with Crippen LogP contribution in [0.2, 0.25) is 0 Å². The zero-order chi connectivity index (χ0) is 24.4. The van der Waals surface area contributed by atoms with Gasteiger partial charge in [0.2, 0.25) is 11.6 Å². The van der Waals surface area contributed by atoms with Gasteiger partial charge in [-0.25, -0.2) is 10.1 Å². The summed E-state index contributed by atoms with van der Waals surface area (Å²) in [5.74, 6) is -0.196. The van der Waals surface area contributed by atoms with Gasteiger partial charge in [-0.3, -0.25) is 9.69 Å². The first-order valence-corrected chi connectivity index (χ1v) is 11.6. The Morgan fingerprint density at radius 1 is 1.19 bits per heavy atom. The number of benzene rings is 2. The third kappa shape index (κ3) is 5.07. The van der Waals surface area contributed by atoms with Crippen LogP contribution in [0, 0.1) is 0 Å². The van der Waals surface area contributed by atoms with Crippen LogP contribution in [0.3, 0.4) is 0 Å². The summed E-state index contributed by atoms with van der Waals surface area (Å²) in [6.45, 7) is 5.39. The maximum absolute atomic E-state index is 13.2. The van der Waals surface area contributed by atoms with E-state index >= 15 is 0 Å². The number of carbonyl (C=O) groups excluding carboxylic acids is 1. The van der Waals surface area contributed by atoms with E-state index in [2.05, 4.69) is 49.0 Å². The van der Waals surface area contributed by atoms with E-state index in [1.807, 2.05) is 43.3 Å². The van der Waals surface area contributed by atoms with Crippen LogP contribution in [0.1, 0.15) is 54.9 Å². The second-order valence-electron chi connectivity index (χ2n) is 8.78. The number of nitrogens with two attached hydrogens (primary N) is 1. The normalized spacial score (nSPS) is 16.6. The minimum atomic E-state index is -0.467. The summed E-state index contributed by atoms with van der Waals surface area (Å²) in [7, 11) is 0. The van der Waals surface area contributed by atoms with Crippen LogP contribution in [0.25, 0.3) is 16.6 Å². The zero-order valence-electron chi connectivity index (χ0n) is 20.1. The third-order valence-electron chi connectivity index (χ3n) is 6.46. The Balaban J connectivity index is 0.00000304. The molecule has 188 valence electrons. The van der Waals surface area contributed by atoms with Crippen molar-refractivity contribution in [3.63, 3.8) is 0 Å². The highest BCUT2D eigenvalue weighted by molar-refractivity contribution is 6.03. The van der Waals surface area contributed by atoms with E-state index in [4.69, 9.17) is 10.4 Å². The maximum Gasteiger partial charge on any atom is 0.293 e. The molecule has 1 unspecified atom stereocenters. The second kappa shape index (κ2) is 10.8. The number of carbonyl (C=O) groups is 1. The predicted octanol–water partition coefficient (Wildman–Crippen LogP) is 3.34. The number of halogens is 1. The first-order valence-electron chi connectivity index (χ1n) is 11.6. The highest BCUT2D eigenvalue weighted by atomic mass is 35.5. The van der Waals surface area contributed by atoms with Crippen molar-refractivity contribution >= 4 is 40.6 Å². The van der Waals surface area contributed by atoms with Crippen LogP contribution in [0.4, 0.5) is 5.82 Å². The number of piperidine rings is 1. The molecule has 12 heteroatoms. The van der Waals surface area contributed by atoms with Crippen LogP contribution in [-0.2, 0) is 6.54 Å². The molecule has 3 heterocycles. The summed E-state index contributed by atoms with van der Waals surface area (Å²) in [4.78, 5) is 15.5. The lowest BCUT2D eigenvalue weighted by Crippen LogP contribution is -2.38. The topological polar surface area (TPSA) is 140 Å². The maximum atomic E-state index is 13.2. The number of hydrazone groups is 1. The lowest BCUT2D eigenvalue weighted by Gasteiger charge is -2.33. The fraction of sp³-hybridized carbons (Fsp3) is 0.333. The van der Waals surface area contributed by atoms with Crippen molar-refractivity contribution in [3.8, 4) is 5.82 Å². The molecule has 1 atom stereocenters. The molecule has 0 radical (unpaired) electrons. The molecule has 3 N–H and O–H groups in total. The molecule has 1 amide bonds. The van der Waals surface area contributed by atoms with Crippen molar-refractivity contribution in [1.82, 2.24) is 35.6 Å². The molecule has 0 spiro atoms. The van der Waals surface area contributed by atoms with Crippen molar-refractivity contribution < 1.29 is 9.42 Å². The summed E-state index contributed by atoms with van der Waals surface area (Å²) in [5.41, 5.74) is 10.8. The predicted molar refractivity (Wildman–Crippen MR) is 138 cm³/mol. The molecule has 11 nitrogen and oxygen atoms in total. The SMILES string of the molecule is C/C(=N/NC(=O)c1nnn(-c2nonc2N)c1CN1CCCCC1C)c1ccc2ccccc2c1.Cl. The highest BCUT2D eigenvalue weighted by Gasteiger charge is 2.28. The van der Waals surface area contributed by atoms with Crippen molar-refractivity contribution in [2.24, 2.45) is 5.10 Å². The van der Waals surface area contributed by atoms with Crippen LogP contribution in [-0.4, -0.2) is 54.4 Å². The molecular formula is C24H28ClN9O2. The first-order chi connectivity index (χ1) is 17.0. The molecule has 0 aliphatic carbocycles. The zero-order valence-corrected chi connectivity index (χ0v) is 20.9. The van der Waals surface area contributed by atoms with Crippen molar-refractivity contribution in [2.75, 3.05) is 12.3 Å². The average molecular weight is 510 g/mol. The minimum absolute atomic E-state index is 0. The van der Waals surface area contributed by atoms with Crippen molar-refractivity contribution in [1.29, 1.82) is 0 Å². The summed E-state index contributed by atoms with van der Waals surface area (Å²) >= 11 is 0. The Hall–Kier alpha value is -3.83. The van der Waals surface area contributed by atoms with Gasteiger partial charge < -0.3 is 5.73 Å². The molecule has 5 rings (SSSR count). The van der Waals surface area contributed by atoms with Crippen molar-refractivity contribution in [3.05, 3.63) is 59.4 Å². The Kier molecular flexibility index (Phi) is 7.61. The average Bonchev–Trinajstić information content (AvgIpc) is 3.49. The molecule has 0 bridgehead atoms. The number of aromatic nitrogens is 5. The minimum Gasteiger partial charge on any atom is -0.378 e. The number of fused-ring (bicyclic) bond motifs is 1. The van der Waals surface area contributed by atoms with Crippen LogP contribution in [0.5, 0.6) is 0 Å². The van der Waals surface area contributed by atoms with Gasteiger partial charge >= 0.3 is 0 Å². The monoisotopic (exact) mass is 509 g/mol. The van der Waals surface area contributed by atoms with Gasteiger partial charge in [-0.2, -0.15) is 9.78 Å². The van der Waals surface area contributed by atoms with E-state index in [1.54, 1.807) is 0 Å². The number of nitrogens with one attached hydrogen (secondary N) is 1. The molecule has 1 aliphatic heterocycles. The molecule has 4 aromatic rings. The molecule has 1 aliphatic rings. The number of amides is 1. The van der Waals surface area contributed by atoms with Gasteiger partial charge in [0.25, 0.3) is 5.91 Å². The number of likely N-dealkylation sites (tertiary alicyclic amines) is 1. The second-order valence-corrected chi connectivity index (χ2v) is 8.78. The van der Waals surface area contributed by atoms with Crippen molar-refractivity contribution in [2.45, 2.75) is 45.7 Å². The van der Waals surface area contributed by atoms with E-state index in [1.165, 1.54) is 11.1 Å². The molecule has 2 aromatic heterocycles. The molecule has 2 aromatic carbocycles. The molecule has 36 heavy (non-hydrogen) atoms. The van der Waals surface area contributed by atoms with Gasteiger partial charge in [0.05, 0.1) is 11.4 Å². The van der Waals surface area contributed by atoms with Crippen LogP contribution in [0.15, 0.2) is 52.2 Å². The number of anilines is 1. The fourth-order valence-corrected chi connectivity index (χ4v) is 4.38. The van der Waals surface area contributed by atoms with E-state index in [0.717, 1.165) is 35.7 Å². The first kappa shape index (κ1) is 25.3. The summed E-state index contributed by atoms with van der Waals surface area (Å²) in [5, 5.41) is 22.3. The largest absolute Gasteiger partial charge is 0.378 e. The van der Waals surface area contributed by atoms with E-state index in [-0.39, 0.29) is 29.7 Å². The molecule has 0 saturated carbocycles. The number of nitrogen functional groups attached to an aromatic ring is 1. The standard InChI is InChI=1S/C24H27N9O2.ClH/c1-15-7-5-6-12-32(15)14-20-21(27-31-33(20)23-22(25)29-35-30-23)24(34)28-26-16(2)18-11-10-17-8-3-4-9-19(17)13-18;/h3-4,8-11,13,15H,5-7,12,14H2,1-2H3,(H2,25,29)(H,28,34);1H/b26-16-;. The Morgan fingerprint density at radius 2 is 2.00 bits per heavy atom. The van der Waals surface area contributed by atoms with Gasteiger partial charge in [0, 0.05) is 12.6 Å². The van der Waals surface area contributed by atoms with Gasteiger partial charge in [-0.1, -0.05) is 48.0 Å². The van der Waals surface area contributed by atoms with E-state index < -0.39 is 5.91 Å². The number of nitrogens with zero attached hydrogens (tertiary/aromatic N) is 7. The number of rotatable bonds is 6. The van der Waals surface area contributed by atoms with Gasteiger partial charge in [0.15, 0.2) is 5.69 Å². The number of hydrogen-bond donors (Lipinski definition) is 2. The van der Waals surface area contributed by atoms with Crippen LogP contribution >= 0.6 is 12.4 Å². The van der Waals surface area contributed by atoms with Gasteiger partial charge in [0.1, 0.15) is 0 Å². The highest BCUT2D eigenvalue weighted by Crippen LogP contribution is 2.23. The lowest BCUT2D eigenvalue weighted by molar-refractivity contribution is 0.0944. The van der Waals surface area contributed by atoms with E-state index in [0.29, 0.717) is 24.0 Å². The summed E-state index contributed by atoms with van der Waals surface area (Å²) in [6, 6.07) is 14.5. The summed E-state index contributed by atoms with van der Waals surface area (Å²) in [6.07, 6.45) is 3.37. The third-order valence-corrected chi connectivity index (χ3v) is 6.46. The smallest absolute Gasteiger partial charge is 0.293 e. The van der Waals surface area contributed by atoms with Gasteiger partial charge in [-0.05, 0) is 65.9 Å². The fourth-order valence-electron chi connectivity index (χ4n) is 4.38.